The van der Waals surface area contributed by atoms with Gasteiger partial charge in [0.2, 0.25) is 10.0 Å². The van der Waals surface area contributed by atoms with E-state index in [4.69, 9.17) is 0 Å². The van der Waals surface area contributed by atoms with Crippen LogP contribution in [0.1, 0.15) is 24.5 Å². The van der Waals surface area contributed by atoms with Crippen molar-refractivity contribution in [2.24, 2.45) is 0 Å². The second kappa shape index (κ2) is 8.02. The number of hydrogen-bond acceptors (Lipinski definition) is 4. The summed E-state index contributed by atoms with van der Waals surface area (Å²) in [6, 6.07) is 17.9. The zero-order chi connectivity index (χ0) is 21.4. The number of fused-ring (bicyclic) bond motifs is 2. The quantitative estimate of drug-likeness (QED) is 0.628. The van der Waals surface area contributed by atoms with Crippen molar-refractivity contribution >= 4 is 36.5 Å². The molecule has 8 heteroatoms. The summed E-state index contributed by atoms with van der Waals surface area (Å²) < 4.78 is 54.8. The molecule has 1 N–H and O–H groups in total. The van der Waals surface area contributed by atoms with E-state index < -0.39 is 20.0 Å². The fourth-order valence-electron chi connectivity index (χ4n) is 3.77. The van der Waals surface area contributed by atoms with E-state index in [1.54, 1.807) is 30.3 Å². The van der Waals surface area contributed by atoms with E-state index in [-0.39, 0.29) is 17.2 Å². The van der Waals surface area contributed by atoms with Gasteiger partial charge in [0.25, 0.3) is 10.0 Å². The number of rotatable bonds is 6. The fraction of sp³-hybridized carbons (Fsp3) is 0.273. The first kappa shape index (κ1) is 20.8. The van der Waals surface area contributed by atoms with Gasteiger partial charge in [-0.25, -0.2) is 16.8 Å². The topological polar surface area (TPSA) is 83.6 Å². The highest BCUT2D eigenvalue weighted by atomic mass is 32.2. The summed E-state index contributed by atoms with van der Waals surface area (Å²) >= 11 is 0. The molecule has 3 aromatic carbocycles. The Hall–Kier alpha value is -2.42. The number of hydrogen-bond donors (Lipinski definition) is 1. The lowest BCUT2D eigenvalue weighted by atomic mass is 10.0. The monoisotopic (exact) mass is 444 g/mol. The molecule has 0 aliphatic carbocycles. The van der Waals surface area contributed by atoms with E-state index in [0.29, 0.717) is 25.1 Å². The van der Waals surface area contributed by atoms with Crippen LogP contribution in [0.15, 0.2) is 65.6 Å². The normalized spacial score (nSPS) is 15.1. The Morgan fingerprint density at radius 2 is 1.67 bits per heavy atom. The van der Waals surface area contributed by atoms with Crippen molar-refractivity contribution in [1.29, 1.82) is 0 Å². The molecule has 4 rings (SSSR count). The van der Waals surface area contributed by atoms with Gasteiger partial charge in [-0.15, -0.1) is 0 Å². The van der Waals surface area contributed by atoms with Crippen LogP contribution < -0.4 is 4.72 Å². The number of nitrogens with zero attached hydrogens (tertiary/aromatic N) is 1. The molecule has 1 heterocycles. The van der Waals surface area contributed by atoms with Crippen molar-refractivity contribution < 1.29 is 16.8 Å². The van der Waals surface area contributed by atoms with Gasteiger partial charge in [-0.2, -0.15) is 4.31 Å². The highest BCUT2D eigenvalue weighted by molar-refractivity contribution is 7.92. The second-order valence-electron chi connectivity index (χ2n) is 7.50. The Morgan fingerprint density at radius 1 is 0.900 bits per heavy atom. The maximum atomic E-state index is 12.9. The highest BCUT2D eigenvalue weighted by Gasteiger charge is 2.26. The summed E-state index contributed by atoms with van der Waals surface area (Å²) in [5, 5.41) is 1.82. The van der Waals surface area contributed by atoms with Crippen LogP contribution in [0.5, 0.6) is 0 Å². The first-order valence-electron chi connectivity index (χ1n) is 9.90. The van der Waals surface area contributed by atoms with Crippen molar-refractivity contribution in [2.45, 2.75) is 31.2 Å². The van der Waals surface area contributed by atoms with Gasteiger partial charge in [0.1, 0.15) is 0 Å². The number of anilines is 1. The lowest BCUT2D eigenvalue weighted by molar-refractivity contribution is 0.391. The van der Waals surface area contributed by atoms with Gasteiger partial charge in [-0.1, -0.05) is 43.3 Å². The van der Waals surface area contributed by atoms with Gasteiger partial charge in [0.15, 0.2) is 0 Å². The van der Waals surface area contributed by atoms with Gasteiger partial charge >= 0.3 is 0 Å². The van der Waals surface area contributed by atoms with E-state index in [9.17, 15) is 16.8 Å². The molecule has 30 heavy (non-hydrogen) atoms. The molecule has 0 unspecified atom stereocenters. The van der Waals surface area contributed by atoms with Crippen LogP contribution >= 0.6 is 0 Å². The molecule has 1 aliphatic heterocycles. The predicted octanol–water partition coefficient (Wildman–Crippen LogP) is 3.74. The third kappa shape index (κ3) is 4.21. The molecular weight excluding hydrogens is 420 g/mol. The number of sulfonamides is 2. The van der Waals surface area contributed by atoms with Crippen molar-refractivity contribution in [2.75, 3.05) is 17.0 Å². The van der Waals surface area contributed by atoms with Crippen molar-refractivity contribution in [3.8, 4) is 0 Å². The first-order valence-corrected chi connectivity index (χ1v) is 13.0. The van der Waals surface area contributed by atoms with Crippen LogP contribution in [-0.4, -0.2) is 33.4 Å². The molecule has 0 bridgehead atoms. The minimum absolute atomic E-state index is 0.122. The SMILES string of the molecule is CCCS(=O)(=O)N1CCc2ccc(NS(=O)(=O)c3ccc4ccccc4c3)cc2C1. The average Bonchev–Trinajstić information content (AvgIpc) is 2.72. The molecule has 0 aromatic heterocycles. The van der Waals surface area contributed by atoms with Crippen molar-refractivity contribution in [3.05, 3.63) is 71.8 Å². The molecule has 0 radical (unpaired) electrons. The summed E-state index contributed by atoms with van der Waals surface area (Å²) in [5.74, 6) is 0.122. The van der Waals surface area contributed by atoms with E-state index in [1.165, 1.54) is 4.31 Å². The molecule has 1 aliphatic rings. The molecule has 0 saturated heterocycles. The molecule has 0 atom stereocenters. The van der Waals surface area contributed by atoms with E-state index >= 15 is 0 Å². The van der Waals surface area contributed by atoms with Crippen LogP contribution in [0.3, 0.4) is 0 Å². The Kier molecular flexibility index (Phi) is 5.57. The molecule has 0 fully saturated rings. The summed E-state index contributed by atoms with van der Waals surface area (Å²) in [6.07, 6.45) is 1.19. The fourth-order valence-corrected chi connectivity index (χ4v) is 6.33. The lowest BCUT2D eigenvalue weighted by Gasteiger charge is -2.28. The minimum Gasteiger partial charge on any atom is -0.280 e. The Labute approximate surface area is 177 Å². The van der Waals surface area contributed by atoms with Crippen molar-refractivity contribution in [1.82, 2.24) is 4.31 Å². The summed E-state index contributed by atoms with van der Waals surface area (Å²) in [4.78, 5) is 0.186. The van der Waals surface area contributed by atoms with Gasteiger partial charge in [0, 0.05) is 18.8 Å². The van der Waals surface area contributed by atoms with Crippen LogP contribution in [-0.2, 0) is 33.0 Å². The van der Waals surface area contributed by atoms with Gasteiger partial charge < -0.3 is 0 Å². The van der Waals surface area contributed by atoms with E-state index in [2.05, 4.69) is 4.72 Å². The molecule has 0 spiro atoms. The van der Waals surface area contributed by atoms with E-state index in [1.807, 2.05) is 37.3 Å². The highest BCUT2D eigenvalue weighted by Crippen LogP contribution is 2.27. The number of nitrogens with one attached hydrogen (secondary N) is 1. The first-order chi connectivity index (χ1) is 14.3. The van der Waals surface area contributed by atoms with Crippen LogP contribution in [0.2, 0.25) is 0 Å². The summed E-state index contributed by atoms with van der Waals surface area (Å²) in [7, 11) is -7.06. The molecule has 6 nitrogen and oxygen atoms in total. The van der Waals surface area contributed by atoms with Crippen LogP contribution in [0.25, 0.3) is 10.8 Å². The Balaban J connectivity index is 1.59. The minimum atomic E-state index is -3.76. The van der Waals surface area contributed by atoms with Gasteiger partial charge in [-0.3, -0.25) is 4.72 Å². The number of benzene rings is 3. The van der Waals surface area contributed by atoms with E-state index in [0.717, 1.165) is 21.9 Å². The third-order valence-corrected chi connectivity index (χ3v) is 8.72. The zero-order valence-corrected chi connectivity index (χ0v) is 18.3. The third-order valence-electron chi connectivity index (χ3n) is 5.32. The Bertz CT molecular complexity index is 1300. The predicted molar refractivity (Wildman–Crippen MR) is 119 cm³/mol. The van der Waals surface area contributed by atoms with Crippen molar-refractivity contribution in [3.63, 3.8) is 0 Å². The van der Waals surface area contributed by atoms with Gasteiger partial charge in [-0.05, 0) is 59.0 Å². The molecule has 0 amide bonds. The lowest BCUT2D eigenvalue weighted by Crippen LogP contribution is -2.37. The summed E-state index contributed by atoms with van der Waals surface area (Å²) in [6.45, 7) is 2.57. The smallest absolute Gasteiger partial charge is 0.261 e. The average molecular weight is 445 g/mol. The van der Waals surface area contributed by atoms with Crippen LogP contribution in [0.4, 0.5) is 5.69 Å². The zero-order valence-electron chi connectivity index (χ0n) is 16.7. The molecule has 158 valence electrons. The molecule has 0 saturated carbocycles. The Morgan fingerprint density at radius 3 is 2.43 bits per heavy atom. The maximum Gasteiger partial charge on any atom is 0.261 e. The standard InChI is InChI=1S/C22H24N2O4S2/c1-2-13-29(25,26)24-12-11-18-7-9-21(14-20(18)16-24)23-30(27,28)22-10-8-17-5-3-4-6-19(17)15-22/h3-10,14-15,23H,2,11-13,16H2,1H3. The maximum absolute atomic E-state index is 12.9. The van der Waals surface area contributed by atoms with Crippen LogP contribution in [0, 0.1) is 0 Å². The molecule has 3 aromatic rings. The summed E-state index contributed by atoms with van der Waals surface area (Å²) in [5.41, 5.74) is 2.31. The second-order valence-corrected chi connectivity index (χ2v) is 11.3. The molecular formula is C22H24N2O4S2. The largest absolute Gasteiger partial charge is 0.280 e. The van der Waals surface area contributed by atoms with Gasteiger partial charge in [0.05, 0.1) is 10.6 Å².